The molecule has 0 saturated heterocycles. The van der Waals surface area contributed by atoms with Crippen LogP contribution in [0, 0.1) is 0 Å². The van der Waals surface area contributed by atoms with Gasteiger partial charge < -0.3 is 5.73 Å². The first kappa shape index (κ1) is 13.3. The van der Waals surface area contributed by atoms with Crippen LogP contribution in [-0.4, -0.2) is 4.21 Å². The molecule has 0 saturated carbocycles. The average Bonchev–Trinajstić information content (AvgIpc) is 2.39. The molecule has 4 heteroatoms. The summed E-state index contributed by atoms with van der Waals surface area (Å²) in [5.41, 5.74) is 7.64. The molecule has 0 aliphatic carbocycles. The fraction of sp³-hybridized carbons (Fsp3) is 0.143. The number of nitrogens with two attached hydrogens (primary N) is 1. The number of benzene rings is 2. The minimum atomic E-state index is -1.13. The summed E-state index contributed by atoms with van der Waals surface area (Å²) in [7, 11) is -1.13. The van der Waals surface area contributed by atoms with E-state index in [0.717, 1.165) is 11.1 Å². The largest absolute Gasteiger partial charge is 0.326 e. The van der Waals surface area contributed by atoms with E-state index in [9.17, 15) is 4.21 Å². The zero-order valence-electron chi connectivity index (χ0n) is 9.80. The normalized spacial score (nSPS) is 12.3. The Balaban J connectivity index is 2.19. The summed E-state index contributed by atoms with van der Waals surface area (Å²) < 4.78 is 12.2. The molecule has 0 radical (unpaired) electrons. The van der Waals surface area contributed by atoms with Crippen LogP contribution in [0.25, 0.3) is 0 Å². The lowest BCUT2D eigenvalue weighted by atomic mass is 10.1. The number of rotatable bonds is 4. The molecule has 0 amide bonds. The van der Waals surface area contributed by atoms with Crippen molar-refractivity contribution in [3.63, 3.8) is 0 Å². The van der Waals surface area contributed by atoms with Gasteiger partial charge in [0.1, 0.15) is 0 Å². The summed E-state index contributed by atoms with van der Waals surface area (Å²) >= 11 is 6.03. The van der Waals surface area contributed by atoms with Crippen LogP contribution < -0.4 is 5.73 Å². The highest BCUT2D eigenvalue weighted by atomic mass is 35.5. The van der Waals surface area contributed by atoms with Crippen LogP contribution in [0.3, 0.4) is 0 Å². The van der Waals surface area contributed by atoms with Gasteiger partial charge in [-0.2, -0.15) is 0 Å². The van der Waals surface area contributed by atoms with Crippen LogP contribution in [0.2, 0.25) is 5.02 Å². The Morgan fingerprint density at radius 1 is 1.06 bits per heavy atom. The third-order valence-corrected chi connectivity index (χ3v) is 4.49. The van der Waals surface area contributed by atoms with E-state index in [1.807, 2.05) is 36.4 Å². The van der Waals surface area contributed by atoms with E-state index < -0.39 is 10.8 Å². The van der Waals surface area contributed by atoms with Crippen LogP contribution >= 0.6 is 11.6 Å². The maximum atomic E-state index is 12.2. The van der Waals surface area contributed by atoms with Gasteiger partial charge in [0.2, 0.25) is 0 Å². The van der Waals surface area contributed by atoms with Crippen molar-refractivity contribution >= 4 is 22.4 Å². The lowest BCUT2D eigenvalue weighted by Crippen LogP contribution is -2.00. The third kappa shape index (κ3) is 3.19. The monoisotopic (exact) mass is 279 g/mol. The molecule has 0 fully saturated rings. The first-order chi connectivity index (χ1) is 8.70. The first-order valence-corrected chi connectivity index (χ1v) is 7.31. The molecule has 2 aromatic rings. The molecule has 94 valence electrons. The van der Waals surface area contributed by atoms with Crippen molar-refractivity contribution in [3.05, 3.63) is 64.7 Å². The van der Waals surface area contributed by atoms with E-state index in [4.69, 9.17) is 17.3 Å². The van der Waals surface area contributed by atoms with Gasteiger partial charge in [0, 0.05) is 6.54 Å². The van der Waals surface area contributed by atoms with Crippen LogP contribution in [0.15, 0.2) is 53.4 Å². The van der Waals surface area contributed by atoms with Crippen molar-refractivity contribution in [2.24, 2.45) is 5.73 Å². The maximum Gasteiger partial charge on any atom is 0.0589 e. The second-order valence-electron chi connectivity index (χ2n) is 3.94. The molecule has 0 aromatic heterocycles. The van der Waals surface area contributed by atoms with Gasteiger partial charge >= 0.3 is 0 Å². The van der Waals surface area contributed by atoms with Crippen LogP contribution in [-0.2, 0) is 23.1 Å². The Bertz CT molecular complexity index is 571. The number of hydrogen-bond acceptors (Lipinski definition) is 2. The van der Waals surface area contributed by atoms with Gasteiger partial charge in [0.15, 0.2) is 0 Å². The first-order valence-electron chi connectivity index (χ1n) is 5.61. The minimum absolute atomic E-state index is 0.456. The van der Waals surface area contributed by atoms with Gasteiger partial charge in [-0.1, -0.05) is 48.0 Å². The van der Waals surface area contributed by atoms with E-state index in [2.05, 4.69) is 0 Å². The van der Waals surface area contributed by atoms with E-state index in [1.54, 1.807) is 12.1 Å². The molecule has 1 unspecified atom stereocenters. The smallest absolute Gasteiger partial charge is 0.0589 e. The highest BCUT2D eigenvalue weighted by molar-refractivity contribution is 7.84. The maximum absolute atomic E-state index is 12.2. The molecule has 2 N–H and O–H groups in total. The van der Waals surface area contributed by atoms with Gasteiger partial charge in [-0.3, -0.25) is 4.21 Å². The molecule has 2 rings (SSSR count). The third-order valence-electron chi connectivity index (χ3n) is 2.61. The summed E-state index contributed by atoms with van der Waals surface area (Å²) in [6, 6.07) is 15.1. The summed E-state index contributed by atoms with van der Waals surface area (Å²) in [6.07, 6.45) is 0. The lowest BCUT2D eigenvalue weighted by molar-refractivity contribution is 0.682. The van der Waals surface area contributed by atoms with Crippen LogP contribution in [0.1, 0.15) is 11.1 Å². The Labute approximate surface area is 114 Å². The van der Waals surface area contributed by atoms with Crippen molar-refractivity contribution in [2.75, 3.05) is 0 Å². The zero-order valence-corrected chi connectivity index (χ0v) is 11.4. The van der Waals surface area contributed by atoms with Crippen molar-refractivity contribution in [3.8, 4) is 0 Å². The predicted octanol–water partition coefficient (Wildman–Crippen LogP) is 3.11. The number of halogens is 1. The molecular formula is C14H14ClNOS. The summed E-state index contributed by atoms with van der Waals surface area (Å²) in [5.74, 6) is 0.456. The lowest BCUT2D eigenvalue weighted by Gasteiger charge is -2.06. The zero-order chi connectivity index (χ0) is 13.0. The second-order valence-corrected chi connectivity index (χ2v) is 5.77. The Morgan fingerprint density at radius 2 is 1.78 bits per heavy atom. The highest BCUT2D eigenvalue weighted by Crippen LogP contribution is 2.21. The minimum Gasteiger partial charge on any atom is -0.326 e. The fourth-order valence-electron chi connectivity index (χ4n) is 1.70. The molecule has 1 atom stereocenters. The van der Waals surface area contributed by atoms with E-state index >= 15 is 0 Å². The molecule has 0 aliphatic heterocycles. The molecule has 2 nitrogen and oxygen atoms in total. The molecule has 0 heterocycles. The molecule has 0 bridgehead atoms. The SMILES string of the molecule is NCc1cccc(CS(=O)c2ccccc2Cl)c1. The van der Waals surface area contributed by atoms with Crippen molar-refractivity contribution in [2.45, 2.75) is 17.2 Å². The summed E-state index contributed by atoms with van der Waals surface area (Å²) in [6.45, 7) is 0.493. The molecular weight excluding hydrogens is 266 g/mol. The molecule has 2 aromatic carbocycles. The van der Waals surface area contributed by atoms with Gasteiger partial charge in [0.25, 0.3) is 0 Å². The Hall–Kier alpha value is -1.16. The van der Waals surface area contributed by atoms with Gasteiger partial charge in [-0.25, -0.2) is 0 Å². The van der Waals surface area contributed by atoms with Gasteiger partial charge in [-0.05, 0) is 23.3 Å². The van der Waals surface area contributed by atoms with Gasteiger partial charge in [0.05, 0.1) is 26.5 Å². The molecule has 0 aliphatic rings. The van der Waals surface area contributed by atoms with Crippen molar-refractivity contribution in [1.29, 1.82) is 0 Å². The summed E-state index contributed by atoms with van der Waals surface area (Å²) in [5, 5.41) is 0.547. The van der Waals surface area contributed by atoms with Crippen molar-refractivity contribution in [1.82, 2.24) is 0 Å². The average molecular weight is 280 g/mol. The fourth-order valence-corrected chi connectivity index (χ4v) is 3.25. The van der Waals surface area contributed by atoms with E-state index in [1.165, 1.54) is 0 Å². The van der Waals surface area contributed by atoms with E-state index in [-0.39, 0.29) is 0 Å². The van der Waals surface area contributed by atoms with Gasteiger partial charge in [-0.15, -0.1) is 0 Å². The Kier molecular flexibility index (Phi) is 4.53. The van der Waals surface area contributed by atoms with Crippen molar-refractivity contribution < 1.29 is 4.21 Å². The van der Waals surface area contributed by atoms with E-state index in [0.29, 0.717) is 22.2 Å². The van der Waals surface area contributed by atoms with Crippen LogP contribution in [0.5, 0.6) is 0 Å². The Morgan fingerprint density at radius 3 is 2.50 bits per heavy atom. The van der Waals surface area contributed by atoms with Crippen LogP contribution in [0.4, 0.5) is 0 Å². The quantitative estimate of drug-likeness (QED) is 0.934. The highest BCUT2D eigenvalue weighted by Gasteiger charge is 2.08. The second kappa shape index (κ2) is 6.14. The topological polar surface area (TPSA) is 43.1 Å². The number of hydrogen-bond donors (Lipinski definition) is 1. The standard InChI is InChI=1S/C14H14ClNOS/c15-13-6-1-2-7-14(13)18(17)10-12-5-3-4-11(8-12)9-16/h1-8H,9-10,16H2. The molecule has 0 spiro atoms. The summed E-state index contributed by atoms with van der Waals surface area (Å²) in [4.78, 5) is 0.678. The molecule has 18 heavy (non-hydrogen) atoms. The predicted molar refractivity (Wildman–Crippen MR) is 75.9 cm³/mol.